The van der Waals surface area contributed by atoms with Crippen LogP contribution in [-0.4, -0.2) is 84.5 Å². The van der Waals surface area contributed by atoms with Crippen molar-refractivity contribution in [1.29, 1.82) is 0 Å². The summed E-state index contributed by atoms with van der Waals surface area (Å²) >= 11 is 0. The van der Waals surface area contributed by atoms with Gasteiger partial charge in [0, 0.05) is 45.7 Å². The van der Waals surface area contributed by atoms with Crippen molar-refractivity contribution in [2.75, 3.05) is 52.9 Å². The van der Waals surface area contributed by atoms with Crippen LogP contribution in [0.15, 0.2) is 0 Å². The van der Waals surface area contributed by atoms with Gasteiger partial charge in [-0.05, 0) is 38.8 Å². The number of piperazine rings is 1. The molecule has 2 aliphatic heterocycles. The molecule has 1 N–H and O–H groups in total. The quantitative estimate of drug-likeness (QED) is 0.783. The fourth-order valence-electron chi connectivity index (χ4n) is 3.47. The molecule has 2 fully saturated rings. The number of carbonyl (C=O) groups is 2. The van der Waals surface area contributed by atoms with Crippen LogP contribution in [0, 0.1) is 5.92 Å². The number of hydrogen-bond acceptors (Lipinski definition) is 4. The van der Waals surface area contributed by atoms with Crippen molar-refractivity contribution in [2.45, 2.75) is 32.1 Å². The first-order valence-electron chi connectivity index (χ1n) is 8.45. The van der Waals surface area contributed by atoms with Crippen LogP contribution < -0.4 is 0 Å². The molecule has 0 unspecified atom stereocenters. The van der Waals surface area contributed by atoms with E-state index < -0.39 is 5.97 Å². The fraction of sp³-hybridized carbons (Fsp3) is 0.875. The van der Waals surface area contributed by atoms with Crippen molar-refractivity contribution in [1.82, 2.24) is 14.7 Å². The van der Waals surface area contributed by atoms with E-state index in [1.165, 1.54) is 19.4 Å². The third-order valence-electron chi connectivity index (χ3n) is 4.86. The third kappa shape index (κ3) is 5.57. The summed E-state index contributed by atoms with van der Waals surface area (Å²) in [6, 6.07) is 0. The Hall–Kier alpha value is -1.14. The van der Waals surface area contributed by atoms with Crippen LogP contribution in [-0.2, 0) is 9.59 Å². The van der Waals surface area contributed by atoms with Gasteiger partial charge in [0.05, 0.1) is 6.42 Å². The molecule has 6 heteroatoms. The molecule has 0 radical (unpaired) electrons. The summed E-state index contributed by atoms with van der Waals surface area (Å²) in [6.07, 6.45) is 4.34. The standard InChI is InChI=1S/C16H29N3O3/c1-17-7-2-3-14(13-17)4-5-15(20)19-11-9-18(10-12-19)8-6-16(21)22/h14H,2-13H2,1H3,(H,21,22)/t14-/m0/s1. The van der Waals surface area contributed by atoms with Gasteiger partial charge in [0.1, 0.15) is 0 Å². The number of carboxylic acid groups (broad SMARTS) is 1. The molecule has 0 aromatic carbocycles. The molecular weight excluding hydrogens is 282 g/mol. The molecule has 6 nitrogen and oxygen atoms in total. The Balaban J connectivity index is 1.63. The van der Waals surface area contributed by atoms with Crippen molar-refractivity contribution in [2.24, 2.45) is 5.92 Å². The van der Waals surface area contributed by atoms with Crippen molar-refractivity contribution in [3.05, 3.63) is 0 Å². The molecule has 22 heavy (non-hydrogen) atoms. The lowest BCUT2D eigenvalue weighted by Gasteiger charge is -2.35. The average Bonchev–Trinajstić information content (AvgIpc) is 2.51. The molecule has 0 saturated carbocycles. The Kier molecular flexibility index (Phi) is 6.64. The maximum absolute atomic E-state index is 12.3. The highest BCUT2D eigenvalue weighted by Crippen LogP contribution is 2.20. The second kappa shape index (κ2) is 8.48. The van der Waals surface area contributed by atoms with Gasteiger partial charge in [0.25, 0.3) is 0 Å². The third-order valence-corrected chi connectivity index (χ3v) is 4.86. The molecular formula is C16H29N3O3. The first kappa shape index (κ1) is 17.2. The smallest absolute Gasteiger partial charge is 0.304 e. The minimum absolute atomic E-state index is 0.184. The Morgan fingerprint density at radius 2 is 1.82 bits per heavy atom. The lowest BCUT2D eigenvalue weighted by atomic mass is 9.93. The molecule has 0 aromatic heterocycles. The van der Waals surface area contributed by atoms with Crippen LogP contribution >= 0.6 is 0 Å². The second-order valence-electron chi connectivity index (χ2n) is 6.68. The van der Waals surface area contributed by atoms with Gasteiger partial charge in [-0.25, -0.2) is 0 Å². The molecule has 1 atom stereocenters. The molecule has 126 valence electrons. The van der Waals surface area contributed by atoms with Crippen LogP contribution in [0.2, 0.25) is 0 Å². The minimum Gasteiger partial charge on any atom is -0.481 e. The van der Waals surface area contributed by atoms with Gasteiger partial charge < -0.3 is 14.9 Å². The first-order valence-corrected chi connectivity index (χ1v) is 8.45. The molecule has 2 rings (SSSR count). The molecule has 2 saturated heterocycles. The summed E-state index contributed by atoms with van der Waals surface area (Å²) in [5.41, 5.74) is 0. The maximum atomic E-state index is 12.3. The number of aliphatic carboxylic acids is 1. The first-order chi connectivity index (χ1) is 10.5. The Labute approximate surface area is 133 Å². The van der Waals surface area contributed by atoms with Crippen LogP contribution in [0.4, 0.5) is 0 Å². The summed E-state index contributed by atoms with van der Waals surface area (Å²) < 4.78 is 0. The number of rotatable bonds is 6. The van der Waals surface area contributed by atoms with E-state index in [2.05, 4.69) is 16.8 Å². The number of amides is 1. The molecule has 0 spiro atoms. The van der Waals surface area contributed by atoms with Gasteiger partial charge in [-0.15, -0.1) is 0 Å². The van der Waals surface area contributed by atoms with Gasteiger partial charge in [0.2, 0.25) is 5.91 Å². The van der Waals surface area contributed by atoms with Gasteiger partial charge in [-0.3, -0.25) is 14.5 Å². The minimum atomic E-state index is -0.754. The zero-order chi connectivity index (χ0) is 15.9. The highest BCUT2D eigenvalue weighted by molar-refractivity contribution is 5.76. The molecule has 0 bridgehead atoms. The highest BCUT2D eigenvalue weighted by atomic mass is 16.4. The summed E-state index contributed by atoms with van der Waals surface area (Å²) in [5, 5.41) is 8.70. The fourth-order valence-corrected chi connectivity index (χ4v) is 3.47. The van der Waals surface area contributed by atoms with Crippen molar-refractivity contribution in [3.63, 3.8) is 0 Å². The lowest BCUT2D eigenvalue weighted by molar-refractivity contribution is -0.138. The zero-order valence-electron chi connectivity index (χ0n) is 13.7. The Bertz CT molecular complexity index is 381. The highest BCUT2D eigenvalue weighted by Gasteiger charge is 2.23. The van der Waals surface area contributed by atoms with E-state index in [-0.39, 0.29) is 12.3 Å². The van der Waals surface area contributed by atoms with Gasteiger partial charge in [-0.1, -0.05) is 0 Å². The second-order valence-corrected chi connectivity index (χ2v) is 6.68. The molecule has 2 aliphatic rings. The van der Waals surface area contributed by atoms with Crippen molar-refractivity contribution in [3.8, 4) is 0 Å². The Morgan fingerprint density at radius 3 is 2.45 bits per heavy atom. The summed E-state index contributed by atoms with van der Waals surface area (Å²) in [7, 11) is 2.16. The molecule has 1 amide bonds. The van der Waals surface area contributed by atoms with E-state index >= 15 is 0 Å². The number of hydrogen-bond donors (Lipinski definition) is 1. The Morgan fingerprint density at radius 1 is 1.09 bits per heavy atom. The van der Waals surface area contributed by atoms with E-state index in [4.69, 9.17) is 5.11 Å². The van der Waals surface area contributed by atoms with Crippen LogP contribution in [0.25, 0.3) is 0 Å². The molecule has 0 aromatic rings. The lowest BCUT2D eigenvalue weighted by Crippen LogP contribution is -2.49. The predicted octanol–water partition coefficient (Wildman–Crippen LogP) is 0.727. The number of piperidine rings is 1. The number of carbonyl (C=O) groups excluding carboxylic acids is 1. The normalized spacial score (nSPS) is 24.4. The van der Waals surface area contributed by atoms with Gasteiger partial charge >= 0.3 is 5.97 Å². The summed E-state index contributed by atoms with van der Waals surface area (Å²) in [4.78, 5) is 29.3. The number of carboxylic acids is 1. The van der Waals surface area contributed by atoms with E-state index in [1.807, 2.05) is 4.90 Å². The molecule has 0 aliphatic carbocycles. The summed E-state index contributed by atoms with van der Waals surface area (Å²) in [6.45, 7) is 5.97. The number of nitrogens with zero attached hydrogens (tertiary/aromatic N) is 3. The van der Waals surface area contributed by atoms with Gasteiger partial charge in [0.15, 0.2) is 0 Å². The summed E-state index contributed by atoms with van der Waals surface area (Å²) in [5.74, 6) is 0.182. The van der Waals surface area contributed by atoms with Crippen LogP contribution in [0.1, 0.15) is 32.1 Å². The SMILES string of the molecule is CN1CCC[C@@H](CCC(=O)N2CCN(CCC(=O)O)CC2)C1. The number of likely N-dealkylation sites (tertiary alicyclic amines) is 1. The zero-order valence-corrected chi connectivity index (χ0v) is 13.7. The van der Waals surface area contributed by atoms with E-state index in [0.717, 1.165) is 39.1 Å². The van der Waals surface area contributed by atoms with Crippen LogP contribution in [0.5, 0.6) is 0 Å². The average molecular weight is 311 g/mol. The molecule has 2 heterocycles. The van der Waals surface area contributed by atoms with E-state index in [1.54, 1.807) is 0 Å². The van der Waals surface area contributed by atoms with Crippen molar-refractivity contribution < 1.29 is 14.7 Å². The topological polar surface area (TPSA) is 64.1 Å². The van der Waals surface area contributed by atoms with E-state index in [9.17, 15) is 9.59 Å². The largest absolute Gasteiger partial charge is 0.481 e. The maximum Gasteiger partial charge on any atom is 0.304 e. The predicted molar refractivity (Wildman–Crippen MR) is 84.7 cm³/mol. The van der Waals surface area contributed by atoms with E-state index in [0.29, 0.717) is 18.9 Å². The monoisotopic (exact) mass is 311 g/mol. The van der Waals surface area contributed by atoms with Crippen LogP contribution in [0.3, 0.4) is 0 Å². The van der Waals surface area contributed by atoms with Crippen molar-refractivity contribution >= 4 is 11.9 Å². The van der Waals surface area contributed by atoms with Gasteiger partial charge in [-0.2, -0.15) is 0 Å².